The fourth-order valence-electron chi connectivity index (χ4n) is 7.99. The molecule has 36 heavy (non-hydrogen) atoms. The Hall–Kier alpha value is -2.67. The number of aromatic nitrogens is 1. The van der Waals surface area contributed by atoms with Gasteiger partial charge in [-0.3, -0.25) is 9.78 Å². The fraction of sp³-hybridized carbons (Fsp3) is 0.621. The van der Waals surface area contributed by atoms with E-state index in [-0.39, 0.29) is 34.0 Å². The van der Waals surface area contributed by atoms with Gasteiger partial charge in [0.05, 0.1) is 6.10 Å². The minimum atomic E-state index is -1.11. The maximum Gasteiger partial charge on any atom is 0.345 e. The Bertz CT molecular complexity index is 1230. The molecule has 0 amide bonds. The molecule has 194 valence electrons. The average Bonchev–Trinajstić information content (AvgIpc) is 2.82. The third kappa shape index (κ3) is 3.46. The third-order valence-electron chi connectivity index (χ3n) is 10.2. The Kier molecular flexibility index (Phi) is 5.86. The lowest BCUT2D eigenvalue weighted by atomic mass is 9.41. The highest BCUT2D eigenvalue weighted by atomic mass is 16.6. The van der Waals surface area contributed by atoms with Crippen molar-refractivity contribution in [3.63, 3.8) is 0 Å². The van der Waals surface area contributed by atoms with E-state index in [1.54, 1.807) is 30.6 Å². The number of nitrogens with zero attached hydrogens (tertiary/aromatic N) is 1. The van der Waals surface area contributed by atoms with Crippen molar-refractivity contribution in [2.75, 3.05) is 0 Å². The normalized spacial score (nSPS) is 39.2. The van der Waals surface area contributed by atoms with Gasteiger partial charge in [-0.05, 0) is 61.0 Å². The largest absolute Gasteiger partial charge is 0.482 e. The minimum Gasteiger partial charge on any atom is -0.482 e. The fourth-order valence-corrected chi connectivity index (χ4v) is 7.99. The minimum absolute atomic E-state index is 0.00155. The first-order valence-corrected chi connectivity index (χ1v) is 13.1. The van der Waals surface area contributed by atoms with Gasteiger partial charge in [0.15, 0.2) is 0 Å². The van der Waals surface area contributed by atoms with Gasteiger partial charge in [-0.25, -0.2) is 4.79 Å². The van der Waals surface area contributed by atoms with Crippen LogP contribution in [0.3, 0.4) is 0 Å². The first-order chi connectivity index (χ1) is 17.0. The molecular formula is C29H37NO6. The molecular weight excluding hydrogens is 458 g/mol. The summed E-state index contributed by atoms with van der Waals surface area (Å²) in [6.45, 7) is 12.4. The van der Waals surface area contributed by atoms with Gasteiger partial charge in [0.25, 0.3) is 0 Å². The van der Waals surface area contributed by atoms with Crippen molar-refractivity contribution in [2.24, 2.45) is 28.6 Å². The highest BCUT2D eigenvalue weighted by molar-refractivity contribution is 5.66. The van der Waals surface area contributed by atoms with Crippen LogP contribution in [0, 0.1) is 28.6 Å². The number of esters is 1. The maximum atomic E-state index is 13.3. The molecule has 2 aromatic heterocycles. The molecule has 2 saturated carbocycles. The van der Waals surface area contributed by atoms with Gasteiger partial charge in [0.2, 0.25) is 0 Å². The molecule has 1 N–H and O–H groups in total. The Labute approximate surface area is 212 Å². The molecule has 0 aromatic carbocycles. The maximum absolute atomic E-state index is 13.3. The zero-order valence-electron chi connectivity index (χ0n) is 22.0. The van der Waals surface area contributed by atoms with Crippen LogP contribution in [0.1, 0.15) is 78.9 Å². The van der Waals surface area contributed by atoms with Crippen molar-refractivity contribution in [1.82, 2.24) is 4.98 Å². The average molecular weight is 496 g/mol. The van der Waals surface area contributed by atoms with Gasteiger partial charge in [-0.2, -0.15) is 0 Å². The molecule has 0 bridgehead atoms. The van der Waals surface area contributed by atoms with E-state index >= 15 is 0 Å². The van der Waals surface area contributed by atoms with Crippen molar-refractivity contribution in [3.8, 4) is 17.1 Å². The van der Waals surface area contributed by atoms with Crippen molar-refractivity contribution in [3.05, 3.63) is 46.6 Å². The quantitative estimate of drug-likeness (QED) is 0.576. The van der Waals surface area contributed by atoms with Crippen molar-refractivity contribution >= 4 is 5.97 Å². The Morgan fingerprint density at radius 2 is 2.06 bits per heavy atom. The smallest absolute Gasteiger partial charge is 0.345 e. The molecule has 1 unspecified atom stereocenters. The number of carbonyl (C=O) groups excluding carboxylic acids is 1. The predicted molar refractivity (Wildman–Crippen MR) is 134 cm³/mol. The molecule has 5 rings (SSSR count). The summed E-state index contributed by atoms with van der Waals surface area (Å²) in [5, 5.41) is 11.9. The number of carbonyl (C=O) groups is 1. The van der Waals surface area contributed by atoms with E-state index in [0.717, 1.165) is 19.3 Å². The zero-order valence-corrected chi connectivity index (χ0v) is 22.0. The Morgan fingerprint density at radius 1 is 1.31 bits per heavy atom. The number of pyridine rings is 1. The summed E-state index contributed by atoms with van der Waals surface area (Å²) >= 11 is 0. The van der Waals surface area contributed by atoms with Gasteiger partial charge in [0.1, 0.15) is 28.8 Å². The van der Waals surface area contributed by atoms with Gasteiger partial charge in [0, 0.05) is 36.9 Å². The van der Waals surface area contributed by atoms with Crippen molar-refractivity contribution in [1.29, 1.82) is 0 Å². The summed E-state index contributed by atoms with van der Waals surface area (Å²) in [5.74, 6) is 0.434. The number of aliphatic hydroxyl groups is 1. The van der Waals surface area contributed by atoms with Crippen LogP contribution >= 0.6 is 0 Å². The summed E-state index contributed by atoms with van der Waals surface area (Å²) < 4.78 is 18.3. The summed E-state index contributed by atoms with van der Waals surface area (Å²) in [5.41, 5.74) is -1.17. The molecule has 0 saturated heterocycles. The second kappa shape index (κ2) is 8.44. The number of hydrogen-bond acceptors (Lipinski definition) is 7. The lowest BCUT2D eigenvalue weighted by Gasteiger charge is -2.67. The molecule has 0 radical (unpaired) electrons. The zero-order chi connectivity index (χ0) is 26.0. The van der Waals surface area contributed by atoms with Crippen LogP contribution in [0.15, 0.2) is 39.8 Å². The molecule has 7 nitrogen and oxygen atoms in total. The van der Waals surface area contributed by atoms with Crippen LogP contribution in [0.5, 0.6) is 5.75 Å². The SMILES string of the molecule is CCC1(C)[C@@H](C)CC[C@]2(C)[C@H]3[C@@H](O)c4c(cc(-c5cccnc5)oc4=O)O[C@]3(C)[C@@H](OC(C)=O)C[C@@H]12. The molecule has 8 atom stereocenters. The van der Waals surface area contributed by atoms with Crippen LogP contribution in [-0.4, -0.2) is 27.8 Å². The van der Waals surface area contributed by atoms with Gasteiger partial charge < -0.3 is 19.0 Å². The Morgan fingerprint density at radius 3 is 2.69 bits per heavy atom. The van der Waals surface area contributed by atoms with Crippen molar-refractivity contribution < 1.29 is 23.8 Å². The van der Waals surface area contributed by atoms with E-state index in [4.69, 9.17) is 13.9 Å². The van der Waals surface area contributed by atoms with Crippen LogP contribution in [-0.2, 0) is 9.53 Å². The molecule has 0 spiro atoms. The van der Waals surface area contributed by atoms with Crippen LogP contribution in [0.25, 0.3) is 11.3 Å². The molecule has 1 aliphatic heterocycles. The standard InChI is InChI=1S/C29H37NO6/c1-7-27(4)16(2)10-11-28(5)21(27)14-22(34-17(3)31)29(6)25(28)24(32)23-20(36-29)13-19(35-26(23)33)18-9-8-12-30-15-18/h8-9,12-13,15-16,21-22,24-25,32H,7,10-11,14H2,1-6H3/t16-,21-,22-,24-,25+,27?,28-,29+/m0/s1. The lowest BCUT2D eigenvalue weighted by molar-refractivity contribution is -0.258. The first-order valence-electron chi connectivity index (χ1n) is 13.1. The van der Waals surface area contributed by atoms with Crippen LogP contribution in [0.4, 0.5) is 0 Å². The summed E-state index contributed by atoms with van der Waals surface area (Å²) in [4.78, 5) is 29.7. The molecule has 2 fully saturated rings. The van der Waals surface area contributed by atoms with Gasteiger partial charge >= 0.3 is 11.6 Å². The highest BCUT2D eigenvalue weighted by Crippen LogP contribution is 2.68. The second-order valence-electron chi connectivity index (χ2n) is 11.8. The van der Waals surface area contributed by atoms with Crippen LogP contribution in [0.2, 0.25) is 0 Å². The number of ether oxygens (including phenoxy) is 2. The predicted octanol–water partition coefficient (Wildman–Crippen LogP) is 5.31. The molecule has 3 aliphatic rings. The molecule has 3 heterocycles. The topological polar surface area (TPSA) is 98.9 Å². The summed E-state index contributed by atoms with van der Waals surface area (Å²) in [7, 11) is 0. The second-order valence-corrected chi connectivity index (χ2v) is 11.8. The molecule has 2 aromatic rings. The lowest BCUT2D eigenvalue weighted by Crippen LogP contribution is -2.70. The van der Waals surface area contributed by atoms with Crippen molar-refractivity contribution in [2.45, 2.75) is 85.0 Å². The van der Waals surface area contributed by atoms with Gasteiger partial charge in [-0.15, -0.1) is 0 Å². The Balaban J connectivity index is 1.69. The first kappa shape index (κ1) is 25.0. The highest BCUT2D eigenvalue weighted by Gasteiger charge is 2.69. The number of hydrogen-bond donors (Lipinski definition) is 1. The van der Waals surface area contributed by atoms with E-state index in [1.165, 1.54) is 6.92 Å². The monoisotopic (exact) mass is 495 g/mol. The van der Waals surface area contributed by atoms with E-state index in [1.807, 2.05) is 6.92 Å². The summed E-state index contributed by atoms with van der Waals surface area (Å²) in [6.07, 6.45) is 5.13. The third-order valence-corrected chi connectivity index (χ3v) is 10.2. The summed E-state index contributed by atoms with van der Waals surface area (Å²) in [6, 6.07) is 5.20. The number of aliphatic hydroxyl groups excluding tert-OH is 1. The van der Waals surface area contributed by atoms with E-state index in [2.05, 4.69) is 32.7 Å². The number of rotatable bonds is 3. The van der Waals surface area contributed by atoms with E-state index in [9.17, 15) is 14.7 Å². The molecule has 7 heteroatoms. The van der Waals surface area contributed by atoms with E-state index < -0.39 is 29.4 Å². The molecule has 2 aliphatic carbocycles. The number of fused-ring (bicyclic) bond motifs is 4. The van der Waals surface area contributed by atoms with E-state index in [0.29, 0.717) is 23.7 Å². The van der Waals surface area contributed by atoms with Gasteiger partial charge in [-0.1, -0.05) is 34.1 Å². The van der Waals surface area contributed by atoms with Crippen LogP contribution < -0.4 is 10.4 Å².